The Bertz CT molecular complexity index is 1110. The van der Waals surface area contributed by atoms with Crippen LogP contribution in [0.1, 0.15) is 41.5 Å². The molecule has 0 saturated heterocycles. The number of nitrogens with zero attached hydrogens (tertiary/aromatic N) is 2. The Balaban J connectivity index is 3.13. The first kappa shape index (κ1) is 26.7. The molecule has 0 aliphatic rings. The number of halogens is 6. The lowest BCUT2D eigenvalue weighted by molar-refractivity contribution is -0.389. The fourth-order valence-corrected chi connectivity index (χ4v) is 2.82. The van der Waals surface area contributed by atoms with Crippen molar-refractivity contribution in [2.75, 3.05) is 0 Å². The number of rotatable bonds is 5. The van der Waals surface area contributed by atoms with Gasteiger partial charge in [0.2, 0.25) is 23.1 Å². The predicted octanol–water partition coefficient (Wildman–Crippen LogP) is 6.36. The lowest BCUT2D eigenvalue weighted by Crippen LogP contribution is -2.25. The Labute approximate surface area is 188 Å². The first-order valence-electron chi connectivity index (χ1n) is 9.38. The highest BCUT2D eigenvalue weighted by Crippen LogP contribution is 2.48. The van der Waals surface area contributed by atoms with Gasteiger partial charge in [-0.2, -0.15) is 8.78 Å². The van der Waals surface area contributed by atoms with Gasteiger partial charge in [0.1, 0.15) is 11.2 Å². The third kappa shape index (κ3) is 4.84. The van der Waals surface area contributed by atoms with Crippen LogP contribution in [0.4, 0.5) is 37.7 Å². The number of hydrogen-bond donors (Lipinski definition) is 0. The molecule has 0 aliphatic carbocycles. The van der Waals surface area contributed by atoms with Gasteiger partial charge in [-0.15, -0.1) is 0 Å². The molecule has 2 aromatic carbocycles. The van der Waals surface area contributed by atoms with Crippen molar-refractivity contribution >= 4 is 11.4 Å². The zero-order valence-electron chi connectivity index (χ0n) is 18.6. The Morgan fingerprint density at radius 1 is 0.559 bits per heavy atom. The molecule has 34 heavy (non-hydrogen) atoms. The van der Waals surface area contributed by atoms with Gasteiger partial charge in [0.25, 0.3) is 0 Å². The summed E-state index contributed by atoms with van der Waals surface area (Å²) in [6, 6.07) is 0. The molecule has 0 saturated carbocycles. The molecule has 2 aromatic rings. The third-order valence-corrected chi connectivity index (χ3v) is 3.94. The topological polar surface area (TPSA) is 105 Å². The molecule has 0 aromatic heterocycles. The number of nitro benzene ring substituents is 2. The van der Waals surface area contributed by atoms with E-state index in [0.29, 0.717) is 0 Å². The Morgan fingerprint density at radius 3 is 1.03 bits per heavy atom. The van der Waals surface area contributed by atoms with Crippen molar-refractivity contribution in [2.45, 2.75) is 52.7 Å². The van der Waals surface area contributed by atoms with Gasteiger partial charge >= 0.3 is 11.4 Å². The van der Waals surface area contributed by atoms with Crippen LogP contribution in [-0.2, 0) is 0 Å². The largest absolute Gasteiger partial charge is 0.479 e. The summed E-state index contributed by atoms with van der Waals surface area (Å²) >= 11 is 0. The van der Waals surface area contributed by atoms with Crippen molar-refractivity contribution in [2.24, 2.45) is 0 Å². The van der Waals surface area contributed by atoms with Crippen molar-refractivity contribution < 1.29 is 45.7 Å². The smallest absolute Gasteiger partial charge is 0.352 e. The summed E-state index contributed by atoms with van der Waals surface area (Å²) in [5, 5.41) is 22.5. The zero-order chi connectivity index (χ0) is 26.5. The molecule has 14 heteroatoms. The summed E-state index contributed by atoms with van der Waals surface area (Å²) in [4.78, 5) is 19.4. The van der Waals surface area contributed by atoms with E-state index < -0.39 is 90.0 Å². The van der Waals surface area contributed by atoms with Crippen molar-refractivity contribution in [3.63, 3.8) is 0 Å². The maximum atomic E-state index is 15.3. The first-order chi connectivity index (χ1) is 15.3. The highest BCUT2D eigenvalue weighted by Gasteiger charge is 2.42. The van der Waals surface area contributed by atoms with Crippen molar-refractivity contribution in [3.8, 4) is 22.6 Å². The minimum absolute atomic E-state index is 1.25. The van der Waals surface area contributed by atoms with E-state index in [1.54, 1.807) is 0 Å². The summed E-state index contributed by atoms with van der Waals surface area (Å²) in [6.45, 7) is 7.49. The number of hydrogen-bond acceptors (Lipinski definition) is 6. The quantitative estimate of drug-likeness (QED) is 0.207. The highest BCUT2D eigenvalue weighted by molar-refractivity contribution is 5.75. The molecule has 0 N–H and O–H groups in total. The molecular formula is C20H18F6N2O6. The minimum Gasteiger partial charge on any atom is -0.479 e. The lowest BCUT2D eigenvalue weighted by atomic mass is 9.99. The second kappa shape index (κ2) is 8.65. The molecule has 0 aliphatic heterocycles. The molecule has 0 spiro atoms. The van der Waals surface area contributed by atoms with Crippen LogP contribution < -0.4 is 9.47 Å². The second-order valence-corrected chi connectivity index (χ2v) is 8.93. The summed E-state index contributed by atoms with van der Waals surface area (Å²) < 4.78 is 99.4. The van der Waals surface area contributed by atoms with E-state index in [0.717, 1.165) is 0 Å². The first-order valence-corrected chi connectivity index (χ1v) is 9.38. The average molecular weight is 496 g/mol. The lowest BCUT2D eigenvalue weighted by Gasteiger charge is -2.24. The number of ether oxygens (including phenoxy) is 2. The summed E-state index contributed by atoms with van der Waals surface area (Å²) in [6.07, 6.45) is 0. The van der Waals surface area contributed by atoms with Crippen molar-refractivity contribution in [3.05, 3.63) is 55.1 Å². The van der Waals surface area contributed by atoms with Crippen LogP contribution in [0.5, 0.6) is 11.5 Å². The number of nitro groups is 2. The maximum Gasteiger partial charge on any atom is 0.352 e. The SMILES string of the molecule is CC(C)(C)Oc1c(F)c(-c2c(F)c(F)c([N+](=O)[O-])c(OC(C)(C)C)c2F)c(F)c(F)c1[N+](=O)[O-]. The molecule has 0 atom stereocenters. The summed E-state index contributed by atoms with van der Waals surface area (Å²) in [5.74, 6) is -17.0. The van der Waals surface area contributed by atoms with Crippen LogP contribution in [0.25, 0.3) is 11.1 Å². The van der Waals surface area contributed by atoms with E-state index in [2.05, 4.69) is 0 Å². The van der Waals surface area contributed by atoms with E-state index in [4.69, 9.17) is 9.47 Å². The Morgan fingerprint density at radius 2 is 0.824 bits per heavy atom. The van der Waals surface area contributed by atoms with Crippen LogP contribution in [0.2, 0.25) is 0 Å². The molecule has 0 fully saturated rings. The maximum absolute atomic E-state index is 15.3. The van der Waals surface area contributed by atoms with Gasteiger partial charge < -0.3 is 9.47 Å². The molecule has 0 amide bonds. The molecule has 0 heterocycles. The van der Waals surface area contributed by atoms with E-state index in [1.807, 2.05) is 0 Å². The molecule has 2 rings (SSSR count). The van der Waals surface area contributed by atoms with E-state index in [9.17, 15) is 37.8 Å². The number of benzene rings is 2. The molecular weight excluding hydrogens is 478 g/mol. The summed E-state index contributed by atoms with van der Waals surface area (Å²) in [5.41, 5.74) is -10.4. The van der Waals surface area contributed by atoms with Crippen molar-refractivity contribution in [1.29, 1.82) is 0 Å². The zero-order valence-corrected chi connectivity index (χ0v) is 18.6. The fourth-order valence-electron chi connectivity index (χ4n) is 2.82. The van der Waals surface area contributed by atoms with Crippen LogP contribution in [0, 0.1) is 55.1 Å². The van der Waals surface area contributed by atoms with Crippen LogP contribution in [0.15, 0.2) is 0 Å². The molecule has 0 bridgehead atoms. The molecule has 186 valence electrons. The van der Waals surface area contributed by atoms with Crippen LogP contribution in [-0.4, -0.2) is 21.0 Å². The van der Waals surface area contributed by atoms with Crippen LogP contribution >= 0.6 is 0 Å². The third-order valence-electron chi connectivity index (χ3n) is 3.94. The van der Waals surface area contributed by atoms with E-state index in [-0.39, 0.29) is 0 Å². The minimum atomic E-state index is -2.46. The summed E-state index contributed by atoms with van der Waals surface area (Å²) in [7, 11) is 0. The molecule has 8 nitrogen and oxygen atoms in total. The molecule has 0 unspecified atom stereocenters. The molecule has 0 radical (unpaired) electrons. The van der Waals surface area contributed by atoms with Crippen molar-refractivity contribution in [1.82, 2.24) is 0 Å². The van der Waals surface area contributed by atoms with E-state index >= 15 is 8.78 Å². The standard InChI is InChI=1S/C20H18F6N2O6/c1-19(2,3)33-17-11(23)7(9(21)13(25)15(17)27(29)30)8-10(22)14(26)16(28(31)32)18(12(8)24)34-20(4,5)6/h1-6H3. The normalized spacial score (nSPS) is 12.0. The van der Waals surface area contributed by atoms with Gasteiger partial charge in [-0.25, -0.2) is 17.6 Å². The fraction of sp³-hybridized carbons (Fsp3) is 0.400. The van der Waals surface area contributed by atoms with E-state index in [1.165, 1.54) is 41.5 Å². The van der Waals surface area contributed by atoms with Gasteiger partial charge in [0.15, 0.2) is 23.3 Å². The monoisotopic (exact) mass is 496 g/mol. The second-order valence-electron chi connectivity index (χ2n) is 8.93. The average Bonchev–Trinajstić information content (AvgIpc) is 2.64. The van der Waals surface area contributed by atoms with Gasteiger partial charge in [0.05, 0.1) is 21.0 Å². The van der Waals surface area contributed by atoms with Gasteiger partial charge in [-0.1, -0.05) is 0 Å². The van der Waals surface area contributed by atoms with Gasteiger partial charge in [-0.3, -0.25) is 20.2 Å². The van der Waals surface area contributed by atoms with Gasteiger partial charge in [0, 0.05) is 0 Å². The Hall–Kier alpha value is -3.58. The highest BCUT2D eigenvalue weighted by atomic mass is 19.2. The van der Waals surface area contributed by atoms with Gasteiger partial charge in [-0.05, 0) is 41.5 Å². The Kier molecular flexibility index (Phi) is 6.78. The predicted molar refractivity (Wildman–Crippen MR) is 106 cm³/mol. The van der Waals surface area contributed by atoms with Crippen LogP contribution in [0.3, 0.4) is 0 Å².